The zero-order valence-electron chi connectivity index (χ0n) is 10.4. The molecule has 7 heteroatoms. The van der Waals surface area contributed by atoms with Crippen LogP contribution < -0.4 is 5.32 Å². The number of hydrogen-bond acceptors (Lipinski definition) is 2. The van der Waals surface area contributed by atoms with Crippen molar-refractivity contribution >= 4 is 62.4 Å². The molecule has 0 aliphatic carbocycles. The largest absolute Gasteiger partial charge is 0.479 e. The number of halogens is 4. The molecule has 0 radical (unpaired) electrons. The molecule has 0 fully saturated rings. The number of carboxylic acids is 1. The van der Waals surface area contributed by atoms with Crippen molar-refractivity contribution in [3.63, 3.8) is 0 Å². The highest BCUT2D eigenvalue weighted by molar-refractivity contribution is 9.10. The van der Waals surface area contributed by atoms with Gasteiger partial charge in [-0.1, -0.05) is 40.9 Å². The van der Waals surface area contributed by atoms with Crippen LogP contribution in [0.2, 0.25) is 15.1 Å². The molecule has 1 atom stereocenters. The van der Waals surface area contributed by atoms with Gasteiger partial charge >= 0.3 is 5.97 Å². The van der Waals surface area contributed by atoms with Crippen molar-refractivity contribution in [2.45, 2.75) is 6.04 Å². The summed E-state index contributed by atoms with van der Waals surface area (Å²) in [6.07, 6.45) is 0. The molecule has 0 amide bonds. The first-order valence-corrected chi connectivity index (χ1v) is 7.71. The molecule has 21 heavy (non-hydrogen) atoms. The van der Waals surface area contributed by atoms with Gasteiger partial charge in [-0.15, -0.1) is 0 Å². The van der Waals surface area contributed by atoms with Crippen molar-refractivity contribution in [3.05, 3.63) is 61.5 Å². The van der Waals surface area contributed by atoms with Gasteiger partial charge in [0.1, 0.15) is 0 Å². The second-order valence-electron chi connectivity index (χ2n) is 4.18. The Morgan fingerprint density at radius 1 is 1.10 bits per heavy atom. The van der Waals surface area contributed by atoms with Crippen LogP contribution in [0.25, 0.3) is 0 Å². The Morgan fingerprint density at radius 3 is 2.24 bits per heavy atom. The molecule has 0 aromatic heterocycles. The first kappa shape index (κ1) is 16.4. The minimum atomic E-state index is -1.09. The van der Waals surface area contributed by atoms with Crippen molar-refractivity contribution in [3.8, 4) is 0 Å². The lowest BCUT2D eigenvalue weighted by Gasteiger charge is -2.19. The summed E-state index contributed by atoms with van der Waals surface area (Å²) >= 11 is 21.3. The van der Waals surface area contributed by atoms with Gasteiger partial charge in [0.25, 0.3) is 0 Å². The van der Waals surface area contributed by atoms with Gasteiger partial charge in [-0.3, -0.25) is 0 Å². The second-order valence-corrected chi connectivity index (χ2v) is 6.26. The first-order chi connectivity index (χ1) is 9.90. The maximum atomic E-state index is 11.5. The van der Waals surface area contributed by atoms with Gasteiger partial charge < -0.3 is 10.4 Å². The standard InChI is InChI=1S/C14H9BrCl3NO2/c15-8-6-7(4-5-9(8)16)19-13(14(20)21)12-10(17)2-1-3-11(12)18/h1-6,13,19H,(H,20,21). The number of aliphatic carboxylic acids is 1. The zero-order chi connectivity index (χ0) is 15.6. The molecule has 2 rings (SSSR count). The van der Waals surface area contributed by atoms with E-state index in [0.29, 0.717) is 20.7 Å². The third kappa shape index (κ3) is 3.83. The average Bonchev–Trinajstić information content (AvgIpc) is 2.41. The van der Waals surface area contributed by atoms with E-state index < -0.39 is 12.0 Å². The third-order valence-corrected chi connectivity index (χ3v) is 4.64. The van der Waals surface area contributed by atoms with E-state index in [0.717, 1.165) is 0 Å². The number of carboxylic acid groups (broad SMARTS) is 1. The van der Waals surface area contributed by atoms with E-state index in [-0.39, 0.29) is 10.0 Å². The lowest BCUT2D eigenvalue weighted by atomic mass is 10.1. The lowest BCUT2D eigenvalue weighted by Crippen LogP contribution is -2.21. The first-order valence-electron chi connectivity index (χ1n) is 5.78. The van der Waals surface area contributed by atoms with Crippen molar-refractivity contribution in [1.82, 2.24) is 0 Å². The second kappa shape index (κ2) is 6.88. The Kier molecular flexibility index (Phi) is 5.38. The normalized spacial score (nSPS) is 12.0. The van der Waals surface area contributed by atoms with Crippen LogP contribution in [0.15, 0.2) is 40.9 Å². The average molecular weight is 409 g/mol. The number of hydrogen-bond donors (Lipinski definition) is 2. The molecule has 2 aromatic rings. The van der Waals surface area contributed by atoms with E-state index in [1.807, 2.05) is 0 Å². The van der Waals surface area contributed by atoms with Gasteiger partial charge in [-0.05, 0) is 46.3 Å². The highest BCUT2D eigenvalue weighted by Crippen LogP contribution is 2.34. The van der Waals surface area contributed by atoms with E-state index in [1.54, 1.807) is 36.4 Å². The van der Waals surface area contributed by atoms with Gasteiger partial charge in [0.15, 0.2) is 6.04 Å². The molecule has 0 saturated heterocycles. The van der Waals surface area contributed by atoms with E-state index in [2.05, 4.69) is 21.2 Å². The van der Waals surface area contributed by atoms with Gasteiger partial charge in [0, 0.05) is 25.8 Å². The quantitative estimate of drug-likeness (QED) is 0.686. The molecule has 3 nitrogen and oxygen atoms in total. The SMILES string of the molecule is O=C(O)C(Nc1ccc(Cl)c(Br)c1)c1c(Cl)cccc1Cl. The van der Waals surface area contributed by atoms with Crippen LogP contribution >= 0.6 is 50.7 Å². The summed E-state index contributed by atoms with van der Waals surface area (Å²) < 4.78 is 0.656. The Balaban J connectivity index is 2.40. The van der Waals surface area contributed by atoms with Crippen LogP contribution in [0.4, 0.5) is 5.69 Å². The highest BCUT2D eigenvalue weighted by Gasteiger charge is 2.25. The number of nitrogens with one attached hydrogen (secondary N) is 1. The summed E-state index contributed by atoms with van der Waals surface area (Å²) in [5.41, 5.74) is 0.897. The van der Waals surface area contributed by atoms with Gasteiger partial charge in [-0.25, -0.2) is 4.79 Å². The van der Waals surface area contributed by atoms with E-state index >= 15 is 0 Å². The fourth-order valence-electron chi connectivity index (χ4n) is 1.80. The van der Waals surface area contributed by atoms with Gasteiger partial charge in [0.2, 0.25) is 0 Å². The smallest absolute Gasteiger partial charge is 0.330 e. The Bertz CT molecular complexity index is 674. The maximum Gasteiger partial charge on any atom is 0.330 e. The summed E-state index contributed by atoms with van der Waals surface area (Å²) in [6.45, 7) is 0. The molecule has 0 aliphatic rings. The molecule has 0 heterocycles. The fourth-order valence-corrected chi connectivity index (χ4v) is 2.91. The van der Waals surface area contributed by atoms with Crippen molar-refractivity contribution in [1.29, 1.82) is 0 Å². The van der Waals surface area contributed by atoms with Crippen molar-refractivity contribution in [2.75, 3.05) is 5.32 Å². The number of rotatable bonds is 4. The van der Waals surface area contributed by atoms with Crippen LogP contribution in [0.1, 0.15) is 11.6 Å². The predicted molar refractivity (Wildman–Crippen MR) is 89.6 cm³/mol. The molecule has 0 bridgehead atoms. The molecule has 110 valence electrons. The zero-order valence-corrected chi connectivity index (χ0v) is 14.3. The molecule has 2 N–H and O–H groups in total. The topological polar surface area (TPSA) is 49.3 Å². The molecule has 0 aliphatic heterocycles. The van der Waals surface area contributed by atoms with Crippen molar-refractivity contribution < 1.29 is 9.90 Å². The van der Waals surface area contributed by atoms with Crippen LogP contribution in [-0.4, -0.2) is 11.1 Å². The van der Waals surface area contributed by atoms with Crippen LogP contribution in [0.5, 0.6) is 0 Å². The van der Waals surface area contributed by atoms with Gasteiger partial charge in [-0.2, -0.15) is 0 Å². The predicted octanol–water partition coefficient (Wildman–Crippen LogP) is 5.65. The highest BCUT2D eigenvalue weighted by atomic mass is 79.9. The van der Waals surface area contributed by atoms with Crippen LogP contribution in [-0.2, 0) is 4.79 Å². The minimum Gasteiger partial charge on any atom is -0.479 e. The minimum absolute atomic E-state index is 0.287. The van der Waals surface area contributed by atoms with E-state index in [9.17, 15) is 9.90 Å². The Labute approximate surface area is 145 Å². The summed E-state index contributed by atoms with van der Waals surface area (Å²) in [6, 6.07) is 8.79. The van der Waals surface area contributed by atoms with Crippen LogP contribution in [0, 0.1) is 0 Å². The molecule has 1 unspecified atom stereocenters. The Morgan fingerprint density at radius 2 is 1.71 bits per heavy atom. The summed E-state index contributed by atoms with van der Waals surface area (Å²) in [7, 11) is 0. The third-order valence-electron chi connectivity index (χ3n) is 2.77. The fraction of sp³-hybridized carbons (Fsp3) is 0.0714. The number of anilines is 1. The Hall–Kier alpha value is -0.940. The lowest BCUT2D eigenvalue weighted by molar-refractivity contribution is -0.138. The molecular formula is C14H9BrCl3NO2. The molecule has 0 saturated carbocycles. The van der Waals surface area contributed by atoms with E-state index in [1.165, 1.54) is 0 Å². The summed E-state index contributed by atoms with van der Waals surface area (Å²) in [5, 5.41) is 13.4. The maximum absolute atomic E-state index is 11.5. The van der Waals surface area contributed by atoms with E-state index in [4.69, 9.17) is 34.8 Å². The molecule has 2 aromatic carbocycles. The van der Waals surface area contributed by atoms with Gasteiger partial charge in [0.05, 0.1) is 5.02 Å². The summed E-state index contributed by atoms with van der Waals surface area (Å²) in [5.74, 6) is -1.09. The summed E-state index contributed by atoms with van der Waals surface area (Å²) in [4.78, 5) is 11.5. The van der Waals surface area contributed by atoms with Crippen LogP contribution in [0.3, 0.4) is 0 Å². The molecule has 0 spiro atoms. The molecular weight excluding hydrogens is 400 g/mol. The number of benzene rings is 2. The monoisotopic (exact) mass is 407 g/mol. The number of carbonyl (C=O) groups is 1. The van der Waals surface area contributed by atoms with Crippen molar-refractivity contribution in [2.24, 2.45) is 0 Å².